The molecule has 0 aromatic carbocycles. The Morgan fingerprint density at radius 1 is 1.70 bits per heavy atom. The molecule has 1 N–H and O–H groups in total. The van der Waals surface area contributed by atoms with Crippen LogP contribution in [0.5, 0.6) is 0 Å². The Balaban J connectivity index is 0. The molecule has 0 bridgehead atoms. The van der Waals surface area contributed by atoms with Crippen LogP contribution in [-0.2, 0) is 4.79 Å². The van der Waals surface area contributed by atoms with Crippen LogP contribution in [0.15, 0.2) is 0 Å². The van der Waals surface area contributed by atoms with Crippen LogP contribution in [0.1, 0.15) is 26.2 Å². The van der Waals surface area contributed by atoms with Crippen molar-refractivity contribution in [3.05, 3.63) is 0 Å². The van der Waals surface area contributed by atoms with Crippen LogP contribution in [0, 0.1) is 0 Å². The first-order valence-electron chi connectivity index (χ1n) is 3.05. The van der Waals surface area contributed by atoms with E-state index in [1.54, 1.807) is 0 Å². The van der Waals surface area contributed by atoms with E-state index in [1.165, 1.54) is 0 Å². The predicted octanol–water partition coefficient (Wildman–Crippen LogP) is 1.22. The normalized spacial score (nSPS) is 11.8. The van der Waals surface area contributed by atoms with E-state index < -0.39 is 11.3 Å². The second-order valence-electron chi connectivity index (χ2n) is 1.95. The number of carboxylic acid groups (broad SMARTS) is 1. The van der Waals surface area contributed by atoms with E-state index in [4.69, 9.17) is 16.7 Å². The van der Waals surface area contributed by atoms with Gasteiger partial charge in [0.2, 0.25) is 0 Å². The van der Waals surface area contributed by atoms with Crippen LogP contribution in [0.25, 0.3) is 0 Å². The van der Waals surface area contributed by atoms with Crippen molar-refractivity contribution in [2.75, 3.05) is 0 Å². The number of aliphatic carboxylic acids is 1. The molecule has 56 valence electrons. The summed E-state index contributed by atoms with van der Waals surface area (Å²) in [6, 6.07) is 0. The van der Waals surface area contributed by atoms with Crippen molar-refractivity contribution >= 4 is 47.1 Å². The third kappa shape index (κ3) is 6.87. The number of hydrogen-bond donors (Lipinski definition) is 1. The molecule has 0 aliphatic rings. The standard InChI is InChI=1S/C6H11ClO2.Na.H/c1-2-3-4-5(7)6(8)9;;/h5H,2-4H2,1H3,(H,8,9);;. The Labute approximate surface area is 88.2 Å². The first-order valence-corrected chi connectivity index (χ1v) is 3.49. The zero-order valence-electron chi connectivity index (χ0n) is 5.43. The molecule has 0 spiro atoms. The van der Waals surface area contributed by atoms with Crippen molar-refractivity contribution in [1.82, 2.24) is 0 Å². The van der Waals surface area contributed by atoms with E-state index in [1.807, 2.05) is 6.92 Å². The Kier molecular flexibility index (Phi) is 10.5. The Bertz CT molecular complexity index is 97.7. The van der Waals surface area contributed by atoms with Gasteiger partial charge in [-0.2, -0.15) is 0 Å². The van der Waals surface area contributed by atoms with Crippen LogP contribution >= 0.6 is 11.6 Å². The molecule has 0 aromatic heterocycles. The summed E-state index contributed by atoms with van der Waals surface area (Å²) in [6.45, 7) is 2.01. The third-order valence-electron chi connectivity index (χ3n) is 1.08. The molecule has 0 heterocycles. The maximum absolute atomic E-state index is 10.1. The van der Waals surface area contributed by atoms with Gasteiger partial charge in [0, 0.05) is 0 Å². The van der Waals surface area contributed by atoms with Crippen LogP contribution < -0.4 is 0 Å². The van der Waals surface area contributed by atoms with Crippen molar-refractivity contribution < 1.29 is 9.90 Å². The van der Waals surface area contributed by atoms with Gasteiger partial charge in [-0.25, -0.2) is 0 Å². The first kappa shape index (κ1) is 13.4. The van der Waals surface area contributed by atoms with Crippen LogP contribution in [0.4, 0.5) is 0 Å². The number of halogens is 1. The van der Waals surface area contributed by atoms with Crippen molar-refractivity contribution in [3.8, 4) is 0 Å². The number of alkyl halides is 1. The van der Waals surface area contributed by atoms with Crippen LogP contribution in [0.3, 0.4) is 0 Å². The molecule has 0 aliphatic heterocycles. The number of hydrogen-bond acceptors (Lipinski definition) is 1. The monoisotopic (exact) mass is 174 g/mol. The average Bonchev–Trinajstić information content (AvgIpc) is 1.82. The van der Waals surface area contributed by atoms with Crippen molar-refractivity contribution in [1.29, 1.82) is 0 Å². The number of carbonyl (C=O) groups is 1. The van der Waals surface area contributed by atoms with Gasteiger partial charge in [-0.05, 0) is 6.42 Å². The van der Waals surface area contributed by atoms with E-state index in [2.05, 4.69) is 0 Å². The Hall–Kier alpha value is 0.760. The first-order chi connectivity index (χ1) is 4.18. The summed E-state index contributed by atoms with van der Waals surface area (Å²) in [5.41, 5.74) is 0. The molecular formula is C6H12ClNaO2. The summed E-state index contributed by atoms with van der Waals surface area (Å²) in [5, 5.41) is 7.59. The molecule has 1 unspecified atom stereocenters. The third-order valence-corrected chi connectivity index (χ3v) is 1.48. The Morgan fingerprint density at radius 3 is 2.50 bits per heavy atom. The van der Waals surface area contributed by atoms with E-state index in [0.29, 0.717) is 6.42 Å². The second-order valence-corrected chi connectivity index (χ2v) is 2.47. The molecule has 0 saturated heterocycles. The molecule has 0 aromatic rings. The van der Waals surface area contributed by atoms with Gasteiger partial charge >= 0.3 is 35.5 Å². The Morgan fingerprint density at radius 2 is 2.20 bits per heavy atom. The fourth-order valence-corrected chi connectivity index (χ4v) is 0.661. The van der Waals surface area contributed by atoms with Gasteiger partial charge in [0.15, 0.2) is 0 Å². The molecule has 0 amide bonds. The fraction of sp³-hybridized carbons (Fsp3) is 0.833. The van der Waals surface area contributed by atoms with Gasteiger partial charge < -0.3 is 5.11 Å². The molecule has 0 aliphatic carbocycles. The van der Waals surface area contributed by atoms with Crippen molar-refractivity contribution in [2.24, 2.45) is 0 Å². The molecule has 0 radical (unpaired) electrons. The van der Waals surface area contributed by atoms with Gasteiger partial charge in [0.25, 0.3) is 0 Å². The topological polar surface area (TPSA) is 37.3 Å². The minimum absolute atomic E-state index is 0. The molecule has 0 saturated carbocycles. The molecule has 4 heteroatoms. The van der Waals surface area contributed by atoms with Gasteiger partial charge in [-0.3, -0.25) is 4.79 Å². The maximum atomic E-state index is 10.1. The SMILES string of the molecule is CCCCC(Cl)C(=O)O.[NaH]. The second kappa shape index (κ2) is 7.86. The van der Waals surface area contributed by atoms with E-state index in [-0.39, 0.29) is 29.6 Å². The number of rotatable bonds is 4. The van der Waals surface area contributed by atoms with Gasteiger partial charge in [-0.1, -0.05) is 19.8 Å². The summed E-state index contributed by atoms with van der Waals surface area (Å²) in [6.07, 6.45) is 2.46. The van der Waals surface area contributed by atoms with Gasteiger partial charge in [0.1, 0.15) is 5.38 Å². The van der Waals surface area contributed by atoms with Crippen molar-refractivity contribution in [3.63, 3.8) is 0 Å². The predicted molar refractivity (Wildman–Crippen MR) is 44.0 cm³/mol. The summed E-state index contributed by atoms with van der Waals surface area (Å²) in [7, 11) is 0. The van der Waals surface area contributed by atoms with Crippen molar-refractivity contribution in [2.45, 2.75) is 31.6 Å². The summed E-state index contributed by atoms with van der Waals surface area (Å²) in [4.78, 5) is 10.1. The summed E-state index contributed by atoms with van der Waals surface area (Å²) in [5.74, 6) is -0.912. The quantitative estimate of drug-likeness (QED) is 0.514. The zero-order chi connectivity index (χ0) is 7.28. The fourth-order valence-electron chi connectivity index (χ4n) is 0.507. The summed E-state index contributed by atoms with van der Waals surface area (Å²) >= 11 is 5.39. The molecule has 2 nitrogen and oxygen atoms in total. The minimum atomic E-state index is -0.912. The zero-order valence-corrected chi connectivity index (χ0v) is 6.19. The van der Waals surface area contributed by atoms with Gasteiger partial charge in [0.05, 0.1) is 0 Å². The molecular weight excluding hydrogens is 163 g/mol. The molecule has 0 rings (SSSR count). The van der Waals surface area contributed by atoms with E-state index >= 15 is 0 Å². The van der Waals surface area contributed by atoms with E-state index in [0.717, 1.165) is 12.8 Å². The number of unbranched alkanes of at least 4 members (excludes halogenated alkanes) is 1. The van der Waals surface area contributed by atoms with Gasteiger partial charge in [-0.15, -0.1) is 11.6 Å². The molecule has 0 fully saturated rings. The average molecular weight is 175 g/mol. The number of carboxylic acids is 1. The molecule has 10 heavy (non-hydrogen) atoms. The van der Waals surface area contributed by atoms with E-state index in [9.17, 15) is 4.79 Å². The molecule has 1 atom stereocenters. The summed E-state index contributed by atoms with van der Waals surface area (Å²) < 4.78 is 0. The van der Waals surface area contributed by atoms with Crippen LogP contribution in [0.2, 0.25) is 0 Å². The van der Waals surface area contributed by atoms with Crippen LogP contribution in [-0.4, -0.2) is 46.0 Å².